The number of halogens is 3. The lowest BCUT2D eigenvalue weighted by molar-refractivity contribution is -0.144. The molecule has 0 saturated heterocycles. The molecule has 0 aliphatic heterocycles. The molecule has 1 amide bonds. The number of ether oxygens (including phenoxy) is 2. The van der Waals surface area contributed by atoms with Crippen LogP contribution in [0.25, 0.3) is 0 Å². The van der Waals surface area contributed by atoms with E-state index >= 15 is 0 Å². The molecule has 0 heterocycles. The zero-order valence-corrected chi connectivity index (χ0v) is 13.4. The molecule has 20 heavy (non-hydrogen) atoms. The maximum absolute atomic E-state index is 11.8. The first-order valence-electron chi connectivity index (χ1n) is 5.67. The highest BCUT2D eigenvalue weighted by Crippen LogP contribution is 2.25. The molecular formula is C12H16Cl3NO4. The minimum absolute atomic E-state index is 0.182. The average Bonchev–Trinajstić information content (AvgIpc) is 2.33. The molecule has 114 valence electrons. The molecule has 0 aliphatic carbocycles. The molecule has 0 rings (SSSR count). The molecule has 0 aromatic carbocycles. The van der Waals surface area contributed by atoms with Gasteiger partial charge in [0.05, 0.1) is 6.61 Å². The van der Waals surface area contributed by atoms with Gasteiger partial charge in [-0.15, -0.1) is 0 Å². The quantitative estimate of drug-likeness (QED) is 0.457. The summed E-state index contributed by atoms with van der Waals surface area (Å²) < 4.78 is 7.82. The summed E-state index contributed by atoms with van der Waals surface area (Å²) in [4.78, 5) is 23.3. The number of alkyl carbamates (subject to hydrolysis) is 1. The number of alkyl halides is 3. The van der Waals surface area contributed by atoms with E-state index in [2.05, 4.69) is 16.6 Å². The third-order valence-corrected chi connectivity index (χ3v) is 2.31. The zero-order valence-electron chi connectivity index (χ0n) is 11.1. The van der Waals surface area contributed by atoms with Crippen molar-refractivity contribution >= 4 is 46.9 Å². The van der Waals surface area contributed by atoms with Crippen LogP contribution in [-0.2, 0) is 14.3 Å². The fourth-order valence-corrected chi connectivity index (χ4v) is 1.34. The van der Waals surface area contributed by atoms with Crippen LogP contribution in [0.5, 0.6) is 0 Å². The lowest BCUT2D eigenvalue weighted by Gasteiger charge is -2.18. The Bertz CT molecular complexity index is 391. The third kappa shape index (κ3) is 8.30. The van der Waals surface area contributed by atoms with Crippen LogP contribution in [0.1, 0.15) is 13.8 Å². The molecule has 5 nitrogen and oxygen atoms in total. The number of amides is 1. The number of carbonyl (C=O) groups is 2. The van der Waals surface area contributed by atoms with Gasteiger partial charge in [-0.25, -0.2) is 9.59 Å². The van der Waals surface area contributed by atoms with Crippen LogP contribution in [0.4, 0.5) is 4.79 Å². The highest BCUT2D eigenvalue weighted by Gasteiger charge is 2.26. The van der Waals surface area contributed by atoms with Gasteiger partial charge in [0.2, 0.25) is 3.79 Å². The molecule has 1 unspecified atom stereocenters. The van der Waals surface area contributed by atoms with E-state index in [0.29, 0.717) is 5.57 Å². The molecule has 0 aromatic heterocycles. The van der Waals surface area contributed by atoms with E-state index in [1.807, 2.05) is 0 Å². The summed E-state index contributed by atoms with van der Waals surface area (Å²) in [7, 11) is 0. The Morgan fingerprint density at radius 2 is 1.95 bits per heavy atom. The van der Waals surface area contributed by atoms with Gasteiger partial charge < -0.3 is 14.8 Å². The predicted octanol–water partition coefficient (Wildman–Crippen LogP) is 3.15. The first-order valence-corrected chi connectivity index (χ1v) is 6.80. The summed E-state index contributed by atoms with van der Waals surface area (Å²) in [6, 6.07) is -0.990. The second kappa shape index (κ2) is 9.10. The smallest absolute Gasteiger partial charge is 0.408 e. The Hall–Kier alpha value is -0.910. The molecule has 8 heteroatoms. The van der Waals surface area contributed by atoms with Crippen LogP contribution in [0.3, 0.4) is 0 Å². The summed E-state index contributed by atoms with van der Waals surface area (Å²) in [5.41, 5.74) is 0.532. The van der Waals surface area contributed by atoms with Gasteiger partial charge in [-0.1, -0.05) is 53.5 Å². The average molecular weight is 345 g/mol. The lowest BCUT2D eigenvalue weighted by atomic mass is 10.1. The van der Waals surface area contributed by atoms with Gasteiger partial charge in [0.25, 0.3) is 0 Å². The van der Waals surface area contributed by atoms with Crippen LogP contribution >= 0.6 is 34.8 Å². The van der Waals surface area contributed by atoms with Crippen molar-refractivity contribution in [2.45, 2.75) is 23.7 Å². The van der Waals surface area contributed by atoms with Gasteiger partial charge in [0, 0.05) is 0 Å². The van der Waals surface area contributed by atoms with E-state index in [4.69, 9.17) is 39.5 Å². The SMILES string of the molecule is C=C/C=C(\C)C(NC(=O)OCC(Cl)(Cl)Cl)C(=O)OCC. The van der Waals surface area contributed by atoms with E-state index < -0.39 is 28.5 Å². The number of hydrogen-bond acceptors (Lipinski definition) is 4. The second-order valence-corrected chi connectivity index (χ2v) is 6.18. The number of carbonyl (C=O) groups excluding carboxylic acids is 2. The second-order valence-electron chi connectivity index (χ2n) is 3.67. The number of esters is 1. The first-order chi connectivity index (χ1) is 9.21. The summed E-state index contributed by atoms with van der Waals surface area (Å²) in [5.74, 6) is -0.617. The number of allylic oxidation sites excluding steroid dienone is 2. The van der Waals surface area contributed by atoms with Crippen LogP contribution in [-0.4, -0.2) is 35.1 Å². The van der Waals surface area contributed by atoms with Crippen molar-refractivity contribution in [2.24, 2.45) is 0 Å². The Morgan fingerprint density at radius 1 is 1.35 bits per heavy atom. The highest BCUT2D eigenvalue weighted by atomic mass is 35.6. The van der Waals surface area contributed by atoms with E-state index in [9.17, 15) is 9.59 Å². The summed E-state index contributed by atoms with van der Waals surface area (Å²) >= 11 is 16.3. The Morgan fingerprint density at radius 3 is 2.40 bits per heavy atom. The lowest BCUT2D eigenvalue weighted by Crippen LogP contribution is -2.43. The summed E-state index contributed by atoms with van der Waals surface area (Å²) in [6.07, 6.45) is 2.15. The Balaban J connectivity index is 4.72. The highest BCUT2D eigenvalue weighted by molar-refractivity contribution is 6.67. The van der Waals surface area contributed by atoms with Gasteiger partial charge in [-0.05, 0) is 19.4 Å². The molecule has 0 aliphatic rings. The van der Waals surface area contributed by atoms with Crippen molar-refractivity contribution in [1.29, 1.82) is 0 Å². The normalized spacial score (nSPS) is 13.3. The molecule has 0 bridgehead atoms. The zero-order chi connectivity index (χ0) is 15.8. The van der Waals surface area contributed by atoms with Crippen molar-refractivity contribution in [2.75, 3.05) is 13.2 Å². The fourth-order valence-electron chi connectivity index (χ4n) is 1.17. The van der Waals surface area contributed by atoms with Crippen LogP contribution in [0.15, 0.2) is 24.3 Å². The number of rotatable bonds is 6. The van der Waals surface area contributed by atoms with Gasteiger partial charge in [0.1, 0.15) is 6.61 Å². The van der Waals surface area contributed by atoms with Gasteiger partial charge >= 0.3 is 12.1 Å². The molecule has 0 saturated carbocycles. The molecule has 0 fully saturated rings. The Labute approximate surface area is 132 Å². The summed E-state index contributed by atoms with van der Waals surface area (Å²) in [6.45, 7) is 6.55. The maximum atomic E-state index is 11.8. The van der Waals surface area contributed by atoms with Crippen LogP contribution in [0.2, 0.25) is 0 Å². The van der Waals surface area contributed by atoms with Gasteiger partial charge in [-0.3, -0.25) is 0 Å². The van der Waals surface area contributed by atoms with E-state index in [1.165, 1.54) is 6.08 Å². The van der Waals surface area contributed by atoms with Crippen molar-refractivity contribution in [3.8, 4) is 0 Å². The fraction of sp³-hybridized carbons (Fsp3) is 0.500. The van der Waals surface area contributed by atoms with Crippen LogP contribution < -0.4 is 5.32 Å². The minimum Gasteiger partial charge on any atom is -0.464 e. The van der Waals surface area contributed by atoms with Crippen molar-refractivity contribution < 1.29 is 19.1 Å². The molecule has 1 atom stereocenters. The van der Waals surface area contributed by atoms with E-state index in [0.717, 1.165) is 0 Å². The van der Waals surface area contributed by atoms with Crippen LogP contribution in [0, 0.1) is 0 Å². The van der Waals surface area contributed by atoms with Crippen molar-refractivity contribution in [1.82, 2.24) is 5.32 Å². The first kappa shape index (κ1) is 19.1. The number of hydrogen-bond donors (Lipinski definition) is 1. The largest absolute Gasteiger partial charge is 0.464 e. The van der Waals surface area contributed by atoms with Gasteiger partial charge in [-0.2, -0.15) is 0 Å². The standard InChI is InChI=1S/C12H16Cl3NO4/c1-4-6-8(3)9(10(17)19-5-2)16-11(18)20-7-12(13,14)15/h4,6,9H,1,5,7H2,2-3H3,(H,16,18)/b8-6+. The van der Waals surface area contributed by atoms with E-state index in [1.54, 1.807) is 19.9 Å². The molecule has 0 radical (unpaired) electrons. The molecule has 0 spiro atoms. The number of nitrogens with one attached hydrogen (secondary N) is 1. The van der Waals surface area contributed by atoms with E-state index in [-0.39, 0.29) is 6.61 Å². The molecular weight excluding hydrogens is 328 g/mol. The Kier molecular flexibility index (Phi) is 8.69. The monoisotopic (exact) mass is 343 g/mol. The summed E-state index contributed by atoms with van der Waals surface area (Å²) in [5, 5.41) is 2.33. The van der Waals surface area contributed by atoms with Crippen molar-refractivity contribution in [3.05, 3.63) is 24.3 Å². The molecule has 0 aromatic rings. The van der Waals surface area contributed by atoms with Crippen molar-refractivity contribution in [3.63, 3.8) is 0 Å². The topological polar surface area (TPSA) is 64.6 Å². The maximum Gasteiger partial charge on any atom is 0.408 e. The minimum atomic E-state index is -1.72. The third-order valence-electron chi connectivity index (χ3n) is 1.99. The van der Waals surface area contributed by atoms with Gasteiger partial charge in [0.15, 0.2) is 6.04 Å². The predicted molar refractivity (Wildman–Crippen MR) is 79.1 cm³/mol. The molecule has 1 N–H and O–H groups in total.